The lowest BCUT2D eigenvalue weighted by molar-refractivity contribution is 0.0174. The van der Waals surface area contributed by atoms with Crippen LogP contribution in [0, 0.1) is 18.8 Å². The van der Waals surface area contributed by atoms with Gasteiger partial charge in [0.2, 0.25) is 0 Å². The first kappa shape index (κ1) is 20.8. The van der Waals surface area contributed by atoms with E-state index in [0.29, 0.717) is 17.7 Å². The summed E-state index contributed by atoms with van der Waals surface area (Å²) in [4.78, 5) is 0. The Morgan fingerprint density at radius 2 is 1.76 bits per heavy atom. The van der Waals surface area contributed by atoms with Gasteiger partial charge in [-0.25, -0.2) is 8.78 Å². The molecule has 0 radical (unpaired) electrons. The molecule has 0 N–H and O–H groups in total. The van der Waals surface area contributed by atoms with Gasteiger partial charge in [-0.1, -0.05) is 47.3 Å². The van der Waals surface area contributed by atoms with E-state index in [1.165, 1.54) is 12.1 Å². The summed E-state index contributed by atoms with van der Waals surface area (Å²) in [5.74, 6) is 3.53. The number of hydrogen-bond acceptors (Lipinski definition) is 4. The number of halogens is 2. The molecule has 0 aliphatic carbocycles. The van der Waals surface area contributed by atoms with Gasteiger partial charge in [0.25, 0.3) is 5.92 Å². The highest BCUT2D eigenvalue weighted by molar-refractivity contribution is 5.87. The van der Waals surface area contributed by atoms with Crippen molar-refractivity contribution in [3.05, 3.63) is 101 Å². The van der Waals surface area contributed by atoms with E-state index in [0.717, 1.165) is 45.3 Å². The van der Waals surface area contributed by atoms with Crippen LogP contribution in [0.25, 0.3) is 21.7 Å². The van der Waals surface area contributed by atoms with Crippen molar-refractivity contribution < 1.29 is 13.3 Å². The first-order valence-electron chi connectivity index (χ1n) is 10.5. The summed E-state index contributed by atoms with van der Waals surface area (Å²) >= 11 is 0. The van der Waals surface area contributed by atoms with Crippen LogP contribution in [0.1, 0.15) is 40.4 Å². The minimum Gasteiger partial charge on any atom is -0.355 e. The Bertz CT molecular complexity index is 1560. The minimum absolute atomic E-state index is 0.0171. The third-order valence-electron chi connectivity index (χ3n) is 5.61. The number of alkyl halides is 2. The largest absolute Gasteiger partial charge is 0.355 e. The zero-order valence-corrected chi connectivity index (χ0v) is 18.1. The predicted molar refractivity (Wildman–Crippen MR) is 123 cm³/mol. The number of aromatic nitrogens is 3. The molecule has 33 heavy (non-hydrogen) atoms. The number of hydrogen-bond donors (Lipinski definition) is 0. The summed E-state index contributed by atoms with van der Waals surface area (Å²) in [5, 5.41) is 14.8. The Morgan fingerprint density at radius 1 is 0.939 bits per heavy atom. The highest BCUT2D eigenvalue weighted by atomic mass is 19.3. The Morgan fingerprint density at radius 3 is 2.58 bits per heavy atom. The summed E-state index contributed by atoms with van der Waals surface area (Å²) in [5.41, 5.74) is 4.59. The molecule has 0 bridgehead atoms. The van der Waals surface area contributed by atoms with Crippen LogP contribution in [0.2, 0.25) is 0 Å². The molecular formula is C27H19F2N3O. The van der Waals surface area contributed by atoms with E-state index >= 15 is 0 Å². The fourth-order valence-corrected chi connectivity index (χ4v) is 3.79. The average Bonchev–Trinajstić information content (AvgIpc) is 3.20. The fourth-order valence-electron chi connectivity index (χ4n) is 3.79. The SMILES string of the molecule is Cc1ccc2c(Cc3cccc(C(C)(F)F)c3)noc2c1C#Cc1ccc2cnncc2c1. The Balaban J connectivity index is 1.51. The van der Waals surface area contributed by atoms with Gasteiger partial charge in [-0.05, 0) is 42.3 Å². The molecule has 0 aliphatic heterocycles. The van der Waals surface area contributed by atoms with Gasteiger partial charge < -0.3 is 4.52 Å². The van der Waals surface area contributed by atoms with Crippen molar-refractivity contribution in [2.75, 3.05) is 0 Å². The van der Waals surface area contributed by atoms with Gasteiger partial charge in [-0.15, -0.1) is 0 Å². The molecule has 2 aromatic heterocycles. The van der Waals surface area contributed by atoms with Crippen LogP contribution >= 0.6 is 0 Å². The lowest BCUT2D eigenvalue weighted by Gasteiger charge is -2.11. The third-order valence-corrected chi connectivity index (χ3v) is 5.61. The molecule has 0 fully saturated rings. The van der Waals surface area contributed by atoms with Crippen LogP contribution in [-0.2, 0) is 12.3 Å². The molecule has 5 rings (SSSR count). The minimum atomic E-state index is -2.89. The monoisotopic (exact) mass is 439 g/mol. The summed E-state index contributed by atoms with van der Waals surface area (Å²) < 4.78 is 33.1. The maximum Gasteiger partial charge on any atom is 0.270 e. The quantitative estimate of drug-likeness (QED) is 0.315. The third kappa shape index (κ3) is 4.18. The van der Waals surface area contributed by atoms with Gasteiger partial charge in [0.15, 0.2) is 5.58 Å². The highest BCUT2D eigenvalue weighted by Crippen LogP contribution is 2.30. The van der Waals surface area contributed by atoms with E-state index in [2.05, 4.69) is 27.2 Å². The molecule has 0 amide bonds. The second-order valence-electron chi connectivity index (χ2n) is 8.11. The molecule has 4 nitrogen and oxygen atoms in total. The molecule has 3 aromatic carbocycles. The van der Waals surface area contributed by atoms with Crippen LogP contribution in [-0.4, -0.2) is 15.4 Å². The van der Waals surface area contributed by atoms with Crippen LogP contribution in [0.5, 0.6) is 0 Å². The molecule has 6 heteroatoms. The summed E-state index contributed by atoms with van der Waals surface area (Å²) in [6, 6.07) is 16.2. The predicted octanol–water partition coefficient (Wildman–Crippen LogP) is 6.18. The van der Waals surface area contributed by atoms with Gasteiger partial charge in [-0.2, -0.15) is 10.2 Å². The van der Waals surface area contributed by atoms with E-state index in [1.807, 2.05) is 43.3 Å². The molecule has 0 atom stereocenters. The molecule has 162 valence electrons. The zero-order chi connectivity index (χ0) is 23.0. The maximum absolute atomic E-state index is 13.7. The van der Waals surface area contributed by atoms with E-state index < -0.39 is 5.92 Å². The zero-order valence-electron chi connectivity index (χ0n) is 18.1. The van der Waals surface area contributed by atoms with E-state index in [9.17, 15) is 8.78 Å². The van der Waals surface area contributed by atoms with E-state index in [1.54, 1.807) is 18.5 Å². The van der Waals surface area contributed by atoms with E-state index in [4.69, 9.17) is 4.52 Å². The molecule has 0 saturated heterocycles. The second-order valence-corrected chi connectivity index (χ2v) is 8.11. The molecule has 0 spiro atoms. The summed E-state index contributed by atoms with van der Waals surface area (Å²) in [6.45, 7) is 2.86. The van der Waals surface area contributed by atoms with Crippen LogP contribution in [0.4, 0.5) is 8.78 Å². The molecule has 0 unspecified atom stereocenters. The number of aryl methyl sites for hydroxylation is 1. The average molecular weight is 439 g/mol. The normalized spacial score (nSPS) is 11.5. The second kappa shape index (κ2) is 8.10. The summed E-state index contributed by atoms with van der Waals surface area (Å²) in [7, 11) is 0. The lowest BCUT2D eigenvalue weighted by atomic mass is 10.00. The van der Waals surface area contributed by atoms with Crippen molar-refractivity contribution in [1.82, 2.24) is 15.4 Å². The molecule has 0 saturated carbocycles. The van der Waals surface area contributed by atoms with Gasteiger partial charge >= 0.3 is 0 Å². The van der Waals surface area contributed by atoms with Crippen molar-refractivity contribution in [2.24, 2.45) is 0 Å². The van der Waals surface area contributed by atoms with Gasteiger partial charge in [0.05, 0.1) is 23.7 Å². The standard InChI is InChI=1S/C27H19F2N3O/c1-17-6-10-24-25(14-19-4-3-5-22(13-19)27(2,28)29)32-33-26(24)23(17)11-8-18-7-9-20-15-30-31-16-21(20)12-18/h3-7,9-10,12-13,15-16H,14H2,1-2H3. The molecule has 5 aromatic rings. The van der Waals surface area contributed by atoms with Crippen molar-refractivity contribution in [3.8, 4) is 11.8 Å². The Hall–Kier alpha value is -4.11. The Kier molecular flexibility index (Phi) is 5.10. The highest BCUT2D eigenvalue weighted by Gasteiger charge is 2.24. The Labute approximate surface area is 189 Å². The van der Waals surface area contributed by atoms with Crippen molar-refractivity contribution in [3.63, 3.8) is 0 Å². The lowest BCUT2D eigenvalue weighted by Crippen LogP contribution is -2.07. The molecule has 2 heterocycles. The van der Waals surface area contributed by atoms with Crippen LogP contribution in [0.3, 0.4) is 0 Å². The number of benzene rings is 3. The number of fused-ring (bicyclic) bond motifs is 2. The maximum atomic E-state index is 13.7. The first-order valence-corrected chi connectivity index (χ1v) is 10.5. The van der Waals surface area contributed by atoms with Crippen LogP contribution < -0.4 is 0 Å². The van der Waals surface area contributed by atoms with Crippen molar-refractivity contribution >= 4 is 21.7 Å². The van der Waals surface area contributed by atoms with Gasteiger partial charge in [0.1, 0.15) is 0 Å². The smallest absolute Gasteiger partial charge is 0.270 e. The van der Waals surface area contributed by atoms with Crippen molar-refractivity contribution in [2.45, 2.75) is 26.2 Å². The topological polar surface area (TPSA) is 51.8 Å². The summed E-state index contributed by atoms with van der Waals surface area (Å²) in [6.07, 6.45) is 3.81. The van der Waals surface area contributed by atoms with Gasteiger partial charge in [-0.3, -0.25) is 0 Å². The fraction of sp³-hybridized carbons (Fsp3) is 0.148. The molecular weight excluding hydrogens is 420 g/mol. The van der Waals surface area contributed by atoms with E-state index in [-0.39, 0.29) is 5.56 Å². The number of rotatable bonds is 3. The van der Waals surface area contributed by atoms with Crippen LogP contribution in [0.15, 0.2) is 71.5 Å². The molecule has 0 aliphatic rings. The number of nitrogens with zero attached hydrogens (tertiary/aromatic N) is 3. The first-order chi connectivity index (χ1) is 15.9. The van der Waals surface area contributed by atoms with Gasteiger partial charge in [0, 0.05) is 40.6 Å². The van der Waals surface area contributed by atoms with Crippen molar-refractivity contribution in [1.29, 1.82) is 0 Å².